The smallest absolute Gasteiger partial charge is 0.344 e. The fourth-order valence-corrected chi connectivity index (χ4v) is 7.25. The number of fused-ring (bicyclic) bond motifs is 1. The summed E-state index contributed by atoms with van der Waals surface area (Å²) in [5.74, 6) is -0.0492. The molecule has 1 amide bonds. The molecule has 8 heteroatoms. The van der Waals surface area contributed by atoms with Gasteiger partial charge in [0.05, 0.1) is 29.4 Å². The molecular formula is C40H48N4O4. The summed E-state index contributed by atoms with van der Waals surface area (Å²) in [4.78, 5) is 37.1. The van der Waals surface area contributed by atoms with Crippen LogP contribution in [0.3, 0.4) is 0 Å². The summed E-state index contributed by atoms with van der Waals surface area (Å²) in [5, 5.41) is 4.14. The first-order chi connectivity index (χ1) is 23.5. The molecule has 2 aliphatic rings. The molecule has 0 unspecified atom stereocenters. The van der Waals surface area contributed by atoms with Gasteiger partial charge in [-0.15, -0.1) is 0 Å². The van der Waals surface area contributed by atoms with Gasteiger partial charge in [-0.3, -0.25) is 9.69 Å². The highest BCUT2D eigenvalue weighted by Gasteiger charge is 2.29. The Hall–Kier alpha value is -4.27. The van der Waals surface area contributed by atoms with Crippen LogP contribution >= 0.6 is 0 Å². The Morgan fingerprint density at radius 1 is 0.896 bits per heavy atom. The lowest BCUT2D eigenvalue weighted by Gasteiger charge is -2.40. The van der Waals surface area contributed by atoms with E-state index in [9.17, 15) is 9.59 Å². The van der Waals surface area contributed by atoms with E-state index in [4.69, 9.17) is 14.5 Å². The Bertz CT molecular complexity index is 1670. The van der Waals surface area contributed by atoms with Crippen LogP contribution in [0.2, 0.25) is 0 Å². The summed E-state index contributed by atoms with van der Waals surface area (Å²) in [6.45, 7) is 8.99. The summed E-state index contributed by atoms with van der Waals surface area (Å²) in [5.41, 5.74) is 5.04. The van der Waals surface area contributed by atoms with Crippen LogP contribution in [-0.4, -0.2) is 72.1 Å². The van der Waals surface area contributed by atoms with Crippen molar-refractivity contribution in [3.8, 4) is 17.0 Å². The van der Waals surface area contributed by atoms with Crippen molar-refractivity contribution in [1.29, 1.82) is 0 Å². The fraction of sp³-hybridized carbons (Fsp3) is 0.425. The molecule has 4 aromatic rings. The lowest BCUT2D eigenvalue weighted by molar-refractivity contribution is -0.145. The minimum atomic E-state index is -0.429. The van der Waals surface area contributed by atoms with E-state index in [0.29, 0.717) is 36.0 Å². The van der Waals surface area contributed by atoms with Gasteiger partial charge in [-0.25, -0.2) is 9.78 Å². The van der Waals surface area contributed by atoms with Crippen molar-refractivity contribution in [2.45, 2.75) is 71.0 Å². The monoisotopic (exact) mass is 648 g/mol. The predicted molar refractivity (Wildman–Crippen MR) is 190 cm³/mol. The molecule has 3 heterocycles. The first-order valence-electron chi connectivity index (χ1n) is 17.7. The van der Waals surface area contributed by atoms with Crippen molar-refractivity contribution in [2.24, 2.45) is 0 Å². The zero-order valence-electron chi connectivity index (χ0n) is 28.3. The number of hydrogen-bond acceptors (Lipinski definition) is 7. The van der Waals surface area contributed by atoms with Crippen molar-refractivity contribution in [2.75, 3.05) is 39.4 Å². The third-order valence-electron chi connectivity index (χ3n) is 9.76. The Kier molecular flexibility index (Phi) is 11.4. The second-order valence-corrected chi connectivity index (χ2v) is 12.9. The summed E-state index contributed by atoms with van der Waals surface area (Å²) in [6, 6.07) is 26.3. The average Bonchev–Trinajstić information content (AvgIpc) is 3.14. The van der Waals surface area contributed by atoms with E-state index >= 15 is 0 Å². The minimum absolute atomic E-state index is 0.117. The Morgan fingerprint density at radius 3 is 2.29 bits per heavy atom. The zero-order valence-corrected chi connectivity index (χ0v) is 28.3. The highest BCUT2D eigenvalue weighted by Crippen LogP contribution is 2.34. The molecule has 2 aliphatic heterocycles. The van der Waals surface area contributed by atoms with Crippen LogP contribution in [0.25, 0.3) is 22.2 Å². The van der Waals surface area contributed by atoms with Gasteiger partial charge in [0.25, 0.3) is 5.91 Å². The van der Waals surface area contributed by atoms with Gasteiger partial charge >= 0.3 is 5.97 Å². The fourth-order valence-electron chi connectivity index (χ4n) is 7.25. The first-order valence-corrected chi connectivity index (χ1v) is 17.7. The molecule has 2 saturated heterocycles. The number of amides is 1. The molecule has 8 nitrogen and oxygen atoms in total. The predicted octanol–water partition coefficient (Wildman–Crippen LogP) is 7.18. The largest absolute Gasteiger partial charge is 0.482 e. The number of rotatable bonds is 12. The summed E-state index contributed by atoms with van der Waals surface area (Å²) >= 11 is 0. The van der Waals surface area contributed by atoms with E-state index in [-0.39, 0.29) is 18.6 Å². The van der Waals surface area contributed by atoms with Crippen LogP contribution in [0.1, 0.15) is 79.9 Å². The molecule has 1 aromatic heterocycles. The Labute approximate surface area is 284 Å². The number of ether oxygens (including phenoxy) is 2. The van der Waals surface area contributed by atoms with Crippen molar-refractivity contribution < 1.29 is 19.1 Å². The summed E-state index contributed by atoms with van der Waals surface area (Å²) in [7, 11) is 0. The number of nitrogens with zero attached hydrogens (tertiary/aromatic N) is 3. The van der Waals surface area contributed by atoms with Gasteiger partial charge in [-0.05, 0) is 82.9 Å². The van der Waals surface area contributed by atoms with Crippen LogP contribution in [0.5, 0.6) is 5.75 Å². The molecule has 1 atom stereocenters. The normalized spacial score (nSPS) is 16.8. The molecule has 252 valence electrons. The molecule has 0 radical (unpaired) electrons. The van der Waals surface area contributed by atoms with E-state index < -0.39 is 5.97 Å². The number of esters is 1. The highest BCUT2D eigenvalue weighted by molar-refractivity contribution is 6.09. The molecule has 48 heavy (non-hydrogen) atoms. The van der Waals surface area contributed by atoms with E-state index in [2.05, 4.69) is 46.3 Å². The minimum Gasteiger partial charge on any atom is -0.482 e. The Balaban J connectivity index is 1.39. The van der Waals surface area contributed by atoms with Crippen LogP contribution in [0.15, 0.2) is 78.9 Å². The van der Waals surface area contributed by atoms with Gasteiger partial charge in [0.1, 0.15) is 5.75 Å². The number of likely N-dealkylation sites (tertiary alicyclic amines) is 2. The van der Waals surface area contributed by atoms with Gasteiger partial charge in [-0.1, -0.05) is 74.0 Å². The number of carbonyl (C=O) groups excluding carboxylic acids is 2. The molecule has 1 N–H and O–H groups in total. The van der Waals surface area contributed by atoms with Crippen molar-refractivity contribution in [1.82, 2.24) is 20.1 Å². The van der Waals surface area contributed by atoms with E-state index in [0.717, 1.165) is 60.1 Å². The molecule has 2 fully saturated rings. The van der Waals surface area contributed by atoms with Gasteiger partial charge in [-0.2, -0.15) is 0 Å². The van der Waals surface area contributed by atoms with Crippen molar-refractivity contribution in [3.05, 3.63) is 95.6 Å². The van der Waals surface area contributed by atoms with Crippen LogP contribution < -0.4 is 10.1 Å². The SMILES string of the molecule is CCOC(=O)COc1ccc2c(C(=O)N[C@H](CC)c3ccccc3)c(CN3CCC(N4CCCCC4)CC3)c(-c3ccccc3)nc2c1. The second kappa shape index (κ2) is 16.2. The highest BCUT2D eigenvalue weighted by atomic mass is 16.6. The number of piperidine rings is 2. The van der Waals surface area contributed by atoms with Gasteiger partial charge < -0.3 is 19.7 Å². The summed E-state index contributed by atoms with van der Waals surface area (Å²) in [6.07, 6.45) is 6.99. The molecule has 0 saturated carbocycles. The van der Waals surface area contributed by atoms with E-state index in [1.54, 1.807) is 6.92 Å². The average molecular weight is 649 g/mol. The number of nitrogens with one attached hydrogen (secondary N) is 1. The van der Waals surface area contributed by atoms with Gasteiger partial charge in [0.15, 0.2) is 6.61 Å². The lowest BCUT2D eigenvalue weighted by Crippen LogP contribution is -2.46. The van der Waals surface area contributed by atoms with Crippen LogP contribution in [0, 0.1) is 0 Å². The molecule has 3 aromatic carbocycles. The van der Waals surface area contributed by atoms with Gasteiger partial charge in [0, 0.05) is 35.2 Å². The van der Waals surface area contributed by atoms with E-state index in [1.807, 2.05) is 54.6 Å². The topological polar surface area (TPSA) is 84.0 Å². The third kappa shape index (κ3) is 8.05. The standard InChI is InChI=1S/C40H48N4O4/c1-3-35(29-14-8-5-9-15-29)42-40(46)38-33-19-18-32(48-28-37(45)47-4-2)26-36(33)41-39(30-16-10-6-11-17-30)34(38)27-43-24-20-31(21-25-43)44-22-12-7-13-23-44/h5-6,8-11,14-19,26,31,35H,3-4,7,12-13,20-25,27-28H2,1-2H3,(H,42,46)/t35-/m1/s1. The maximum absolute atomic E-state index is 14.6. The van der Waals surface area contributed by atoms with Crippen LogP contribution in [-0.2, 0) is 16.1 Å². The number of benzene rings is 3. The first kappa shape index (κ1) is 33.6. The molecule has 0 aliphatic carbocycles. The molecular weight excluding hydrogens is 600 g/mol. The number of hydrogen-bond donors (Lipinski definition) is 1. The quantitative estimate of drug-likeness (QED) is 0.163. The van der Waals surface area contributed by atoms with E-state index in [1.165, 1.54) is 32.4 Å². The van der Waals surface area contributed by atoms with Crippen LogP contribution in [0.4, 0.5) is 0 Å². The maximum atomic E-state index is 14.6. The molecule has 0 spiro atoms. The molecule has 0 bridgehead atoms. The summed E-state index contributed by atoms with van der Waals surface area (Å²) < 4.78 is 10.9. The third-order valence-corrected chi connectivity index (χ3v) is 9.76. The zero-order chi connectivity index (χ0) is 33.3. The maximum Gasteiger partial charge on any atom is 0.344 e. The Morgan fingerprint density at radius 2 is 1.60 bits per heavy atom. The van der Waals surface area contributed by atoms with Gasteiger partial charge in [0.2, 0.25) is 0 Å². The number of pyridine rings is 1. The number of carbonyl (C=O) groups is 2. The molecule has 6 rings (SSSR count). The second-order valence-electron chi connectivity index (χ2n) is 12.9. The number of aromatic nitrogens is 1. The lowest BCUT2D eigenvalue weighted by atomic mass is 9.93. The van der Waals surface area contributed by atoms with Crippen molar-refractivity contribution in [3.63, 3.8) is 0 Å². The van der Waals surface area contributed by atoms with Crippen molar-refractivity contribution >= 4 is 22.8 Å².